The van der Waals surface area contributed by atoms with Crippen LogP contribution in [0.5, 0.6) is 17.2 Å². The molecule has 0 atom stereocenters. The third-order valence-corrected chi connectivity index (χ3v) is 5.52. The molecule has 0 unspecified atom stereocenters. The van der Waals surface area contributed by atoms with Gasteiger partial charge in [-0.1, -0.05) is 36.4 Å². The molecular formula is C29H34N2O4. The molecule has 0 fully saturated rings. The minimum absolute atomic E-state index is 0.463. The van der Waals surface area contributed by atoms with E-state index in [2.05, 4.69) is 41.4 Å². The number of benzene rings is 3. The van der Waals surface area contributed by atoms with Gasteiger partial charge in [0.25, 0.3) is 0 Å². The molecule has 0 spiro atoms. The molecule has 0 bridgehead atoms. The molecular weight excluding hydrogens is 440 g/mol. The van der Waals surface area contributed by atoms with Gasteiger partial charge < -0.3 is 24.4 Å². The summed E-state index contributed by atoms with van der Waals surface area (Å²) >= 11 is 0. The highest BCUT2D eigenvalue weighted by atomic mass is 16.6. The van der Waals surface area contributed by atoms with Crippen molar-refractivity contribution in [2.45, 2.75) is 13.8 Å². The van der Waals surface area contributed by atoms with Gasteiger partial charge in [-0.05, 0) is 92.2 Å². The molecule has 35 heavy (non-hydrogen) atoms. The lowest BCUT2D eigenvalue weighted by Gasteiger charge is -2.16. The minimum Gasteiger partial charge on any atom is -0.497 e. The molecule has 184 valence electrons. The van der Waals surface area contributed by atoms with Gasteiger partial charge in [0.05, 0.1) is 7.11 Å². The third-order valence-electron chi connectivity index (χ3n) is 5.52. The highest BCUT2D eigenvalue weighted by Gasteiger charge is 2.13. The van der Waals surface area contributed by atoms with Crippen molar-refractivity contribution in [2.75, 3.05) is 40.9 Å². The summed E-state index contributed by atoms with van der Waals surface area (Å²) < 4.78 is 16.5. The van der Waals surface area contributed by atoms with Gasteiger partial charge in [0.2, 0.25) is 0 Å². The molecule has 6 nitrogen and oxygen atoms in total. The van der Waals surface area contributed by atoms with Crippen molar-refractivity contribution in [3.05, 3.63) is 89.5 Å². The van der Waals surface area contributed by atoms with Crippen LogP contribution in [-0.4, -0.2) is 51.9 Å². The molecule has 0 heterocycles. The Labute approximate surface area is 208 Å². The summed E-state index contributed by atoms with van der Waals surface area (Å²) in [7, 11) is 5.71. The highest BCUT2D eigenvalue weighted by Crippen LogP contribution is 2.34. The second-order valence-electron chi connectivity index (χ2n) is 8.35. The Morgan fingerprint density at radius 1 is 0.800 bits per heavy atom. The molecule has 0 aliphatic carbocycles. The summed E-state index contributed by atoms with van der Waals surface area (Å²) in [6.07, 6.45) is -0.463. The molecule has 3 aromatic rings. The highest BCUT2D eigenvalue weighted by molar-refractivity contribution is 5.98. The smallest absolute Gasteiger partial charge is 0.412 e. The van der Waals surface area contributed by atoms with Gasteiger partial charge in [0.1, 0.15) is 23.9 Å². The van der Waals surface area contributed by atoms with Crippen LogP contribution >= 0.6 is 0 Å². The minimum atomic E-state index is -0.463. The standard InChI is InChI=1S/C29H34N2O4/c1-6-30-29(32)35-27-17-11-24(12-18-27)28(21(2)22-7-13-25(33-5)14-8-22)23-9-15-26(16-10-23)34-20-19-31(3)4/h7-18H,6,19-20H2,1-5H3,(H,30,32)/b28-21-. The van der Waals surface area contributed by atoms with Crippen LogP contribution in [0.25, 0.3) is 11.1 Å². The number of hydrogen-bond acceptors (Lipinski definition) is 5. The van der Waals surface area contributed by atoms with Crippen LogP contribution in [0.2, 0.25) is 0 Å². The number of ether oxygens (including phenoxy) is 3. The van der Waals surface area contributed by atoms with Gasteiger partial charge in [0, 0.05) is 13.1 Å². The molecule has 0 saturated carbocycles. The van der Waals surface area contributed by atoms with Crippen molar-refractivity contribution in [1.82, 2.24) is 10.2 Å². The molecule has 3 rings (SSSR count). The van der Waals surface area contributed by atoms with Crippen LogP contribution < -0.4 is 19.5 Å². The number of hydrogen-bond donors (Lipinski definition) is 1. The quantitative estimate of drug-likeness (QED) is 0.381. The first-order chi connectivity index (χ1) is 16.9. The van der Waals surface area contributed by atoms with E-state index in [-0.39, 0.29) is 0 Å². The Balaban J connectivity index is 1.95. The zero-order valence-corrected chi connectivity index (χ0v) is 21.1. The lowest BCUT2D eigenvalue weighted by Crippen LogP contribution is -2.26. The van der Waals surface area contributed by atoms with E-state index in [4.69, 9.17) is 14.2 Å². The van der Waals surface area contributed by atoms with Crippen LogP contribution in [-0.2, 0) is 0 Å². The van der Waals surface area contributed by atoms with Crippen LogP contribution in [0, 0.1) is 0 Å². The molecule has 1 N–H and O–H groups in total. The van der Waals surface area contributed by atoms with Gasteiger partial charge in [-0.15, -0.1) is 0 Å². The number of methoxy groups -OCH3 is 1. The lowest BCUT2D eigenvalue weighted by molar-refractivity contribution is 0.201. The van der Waals surface area contributed by atoms with E-state index in [1.807, 2.05) is 69.6 Å². The largest absolute Gasteiger partial charge is 0.497 e. The van der Waals surface area contributed by atoms with Crippen molar-refractivity contribution in [1.29, 1.82) is 0 Å². The predicted molar refractivity (Wildman–Crippen MR) is 141 cm³/mol. The van der Waals surface area contributed by atoms with Crippen molar-refractivity contribution in [3.63, 3.8) is 0 Å². The SMILES string of the molecule is CCNC(=O)Oc1ccc(/C(=C(/C)c2ccc(OC)cc2)c2ccc(OCCN(C)C)cc2)cc1. The number of allylic oxidation sites excluding steroid dienone is 1. The second kappa shape index (κ2) is 12.6. The van der Waals surface area contributed by atoms with Crippen LogP contribution in [0.3, 0.4) is 0 Å². The summed E-state index contributed by atoms with van der Waals surface area (Å²) in [5, 5.41) is 2.64. The summed E-state index contributed by atoms with van der Waals surface area (Å²) in [4.78, 5) is 13.9. The Bertz CT molecular complexity index is 1120. The lowest BCUT2D eigenvalue weighted by atomic mass is 9.90. The number of nitrogens with zero attached hydrogens (tertiary/aromatic N) is 1. The Morgan fingerprint density at radius 2 is 1.31 bits per heavy atom. The fraction of sp³-hybridized carbons (Fsp3) is 0.276. The molecule has 0 aliphatic heterocycles. The van der Waals surface area contributed by atoms with Gasteiger partial charge in [-0.3, -0.25) is 0 Å². The average Bonchev–Trinajstić information content (AvgIpc) is 2.86. The molecule has 1 amide bonds. The number of carbonyl (C=O) groups excluding carboxylic acids is 1. The van der Waals surface area contributed by atoms with Crippen LogP contribution in [0.1, 0.15) is 30.5 Å². The van der Waals surface area contributed by atoms with E-state index in [0.717, 1.165) is 45.9 Å². The normalized spacial score (nSPS) is 11.6. The van der Waals surface area contributed by atoms with Gasteiger partial charge in [-0.25, -0.2) is 4.79 Å². The Hall–Kier alpha value is -3.77. The zero-order valence-electron chi connectivity index (χ0n) is 21.1. The van der Waals surface area contributed by atoms with Crippen LogP contribution in [0.4, 0.5) is 4.79 Å². The van der Waals surface area contributed by atoms with E-state index in [0.29, 0.717) is 18.9 Å². The molecule has 6 heteroatoms. The topological polar surface area (TPSA) is 60.0 Å². The van der Waals surface area contributed by atoms with E-state index in [9.17, 15) is 4.79 Å². The maximum absolute atomic E-state index is 11.8. The third kappa shape index (κ3) is 7.36. The van der Waals surface area contributed by atoms with E-state index >= 15 is 0 Å². The Morgan fingerprint density at radius 3 is 1.83 bits per heavy atom. The Kier molecular flexibility index (Phi) is 9.32. The predicted octanol–water partition coefficient (Wildman–Crippen LogP) is 5.72. The molecule has 0 radical (unpaired) electrons. The average molecular weight is 475 g/mol. The first-order valence-electron chi connectivity index (χ1n) is 11.7. The van der Waals surface area contributed by atoms with Gasteiger partial charge >= 0.3 is 6.09 Å². The fourth-order valence-corrected chi connectivity index (χ4v) is 3.63. The zero-order chi connectivity index (χ0) is 25.2. The number of amides is 1. The summed E-state index contributed by atoms with van der Waals surface area (Å²) in [5.74, 6) is 2.14. The van der Waals surface area contributed by atoms with Gasteiger partial charge in [0.15, 0.2) is 0 Å². The van der Waals surface area contributed by atoms with E-state index in [1.54, 1.807) is 7.11 Å². The maximum Gasteiger partial charge on any atom is 0.412 e. The van der Waals surface area contributed by atoms with Gasteiger partial charge in [-0.2, -0.15) is 0 Å². The monoisotopic (exact) mass is 474 g/mol. The molecule has 0 aromatic heterocycles. The number of likely N-dealkylation sites (N-methyl/N-ethyl adjacent to an activating group) is 1. The maximum atomic E-state index is 11.8. The van der Waals surface area contributed by atoms with Crippen molar-refractivity contribution in [3.8, 4) is 17.2 Å². The van der Waals surface area contributed by atoms with Crippen molar-refractivity contribution in [2.24, 2.45) is 0 Å². The number of carbonyl (C=O) groups is 1. The number of nitrogens with one attached hydrogen (secondary N) is 1. The van der Waals surface area contributed by atoms with E-state index < -0.39 is 6.09 Å². The number of rotatable bonds is 10. The second-order valence-corrected chi connectivity index (χ2v) is 8.35. The fourth-order valence-electron chi connectivity index (χ4n) is 3.63. The molecule has 3 aromatic carbocycles. The van der Waals surface area contributed by atoms with Crippen molar-refractivity contribution < 1.29 is 19.0 Å². The first kappa shape index (κ1) is 25.8. The summed E-state index contributed by atoms with van der Waals surface area (Å²) in [5.41, 5.74) is 5.37. The molecule has 0 aliphatic rings. The molecule has 0 saturated heterocycles. The summed E-state index contributed by atoms with van der Waals surface area (Å²) in [6, 6.07) is 23.7. The van der Waals surface area contributed by atoms with E-state index in [1.165, 1.54) is 0 Å². The van der Waals surface area contributed by atoms with Crippen LogP contribution in [0.15, 0.2) is 72.8 Å². The first-order valence-corrected chi connectivity index (χ1v) is 11.7. The summed E-state index contributed by atoms with van der Waals surface area (Å²) in [6.45, 7) is 5.96. The van der Waals surface area contributed by atoms with Crippen molar-refractivity contribution >= 4 is 17.2 Å².